The van der Waals surface area contributed by atoms with Crippen LogP contribution >= 0.6 is 0 Å². The summed E-state index contributed by atoms with van der Waals surface area (Å²) in [6.07, 6.45) is 8.12. The number of benzene rings is 2. The zero-order chi connectivity index (χ0) is 26.5. The third kappa shape index (κ3) is 6.86. The highest BCUT2D eigenvalue weighted by molar-refractivity contribution is 5.55. The quantitative estimate of drug-likeness (QED) is 0.317. The molecule has 1 unspecified atom stereocenters. The van der Waals surface area contributed by atoms with Crippen molar-refractivity contribution in [2.75, 3.05) is 13.7 Å². The Bertz CT molecular complexity index is 1100. The van der Waals surface area contributed by atoms with Crippen molar-refractivity contribution in [3.63, 3.8) is 0 Å². The zero-order valence-corrected chi connectivity index (χ0v) is 22.8. The lowest BCUT2D eigenvalue weighted by Gasteiger charge is -2.39. The van der Waals surface area contributed by atoms with E-state index >= 15 is 0 Å². The first-order chi connectivity index (χ1) is 17.5. The van der Waals surface area contributed by atoms with E-state index in [1.54, 1.807) is 13.2 Å². The van der Waals surface area contributed by atoms with Gasteiger partial charge in [-0.1, -0.05) is 75.4 Å². The van der Waals surface area contributed by atoms with Gasteiger partial charge in [-0.15, -0.1) is 19.7 Å². The molecule has 3 aromatic rings. The number of methoxy groups -OCH3 is 1. The van der Waals surface area contributed by atoms with E-state index in [1.165, 1.54) is 11.1 Å². The highest BCUT2D eigenvalue weighted by atomic mass is 16.5. The Labute approximate surface area is 218 Å². The minimum absolute atomic E-state index is 0.387. The molecule has 0 saturated heterocycles. The van der Waals surface area contributed by atoms with Gasteiger partial charge in [-0.2, -0.15) is 5.10 Å². The molecule has 4 heteroatoms. The van der Waals surface area contributed by atoms with Crippen molar-refractivity contribution in [1.82, 2.24) is 14.7 Å². The number of hydrogen-bond donors (Lipinski definition) is 0. The average molecular weight is 486 g/mol. The summed E-state index contributed by atoms with van der Waals surface area (Å²) in [4.78, 5) is 2.60. The van der Waals surface area contributed by atoms with E-state index in [9.17, 15) is 0 Å². The molecular weight excluding hydrogens is 442 g/mol. The zero-order valence-electron chi connectivity index (χ0n) is 22.8. The van der Waals surface area contributed by atoms with Crippen LogP contribution in [0.2, 0.25) is 0 Å². The number of nitrogens with zero attached hydrogens (tertiary/aromatic N) is 3. The van der Waals surface area contributed by atoms with Gasteiger partial charge >= 0.3 is 0 Å². The topological polar surface area (TPSA) is 30.3 Å². The van der Waals surface area contributed by atoms with Crippen molar-refractivity contribution in [2.45, 2.75) is 53.1 Å². The summed E-state index contributed by atoms with van der Waals surface area (Å²) in [5.41, 5.74) is 6.10. The molecular formula is C32H43N3O. The third-order valence-electron chi connectivity index (χ3n) is 6.10. The minimum atomic E-state index is 0.387. The molecule has 0 radical (unpaired) electrons. The van der Waals surface area contributed by atoms with Gasteiger partial charge in [-0.3, -0.25) is 4.90 Å². The number of allylic oxidation sites excluding steroid dienone is 2. The Hall–Kier alpha value is -3.37. The summed E-state index contributed by atoms with van der Waals surface area (Å²) in [6.45, 7) is 19.9. The maximum atomic E-state index is 5.94. The maximum absolute atomic E-state index is 5.94. The monoisotopic (exact) mass is 485 g/mol. The van der Waals surface area contributed by atoms with Crippen LogP contribution in [0, 0.1) is 5.92 Å². The van der Waals surface area contributed by atoms with Crippen molar-refractivity contribution in [2.24, 2.45) is 5.92 Å². The summed E-state index contributed by atoms with van der Waals surface area (Å²) in [5, 5.41) is 4.95. The Morgan fingerprint density at radius 1 is 1.08 bits per heavy atom. The lowest BCUT2D eigenvalue weighted by Crippen LogP contribution is -2.37. The van der Waals surface area contributed by atoms with Crippen LogP contribution in [0.25, 0.3) is 11.8 Å². The molecule has 2 heterocycles. The summed E-state index contributed by atoms with van der Waals surface area (Å²) >= 11 is 0. The molecule has 0 fully saturated rings. The van der Waals surface area contributed by atoms with E-state index in [0.717, 1.165) is 48.8 Å². The van der Waals surface area contributed by atoms with Gasteiger partial charge in [-0.25, -0.2) is 4.68 Å². The molecule has 2 aromatic carbocycles. The van der Waals surface area contributed by atoms with E-state index in [4.69, 9.17) is 9.84 Å². The second-order valence-corrected chi connectivity index (χ2v) is 8.95. The first-order valence-electron chi connectivity index (χ1n) is 12.8. The first kappa shape index (κ1) is 28.9. The van der Waals surface area contributed by atoms with Gasteiger partial charge in [-0.05, 0) is 55.0 Å². The van der Waals surface area contributed by atoms with Crippen molar-refractivity contribution in [1.29, 1.82) is 0 Å². The summed E-state index contributed by atoms with van der Waals surface area (Å²) in [7, 11) is 1.75. The highest BCUT2D eigenvalue weighted by Gasteiger charge is 2.31. The minimum Gasteiger partial charge on any atom is -0.481 e. The Balaban J connectivity index is 0.000000850. The fraction of sp³-hybridized carbons (Fsp3) is 0.344. The molecule has 1 aromatic heterocycles. The van der Waals surface area contributed by atoms with Crippen LogP contribution in [0.1, 0.15) is 62.5 Å². The van der Waals surface area contributed by atoms with Crippen LogP contribution < -0.4 is 4.74 Å². The number of fused-ring (bicyclic) bond motifs is 1. The second-order valence-electron chi connectivity index (χ2n) is 8.95. The molecule has 0 spiro atoms. The van der Waals surface area contributed by atoms with Crippen LogP contribution in [-0.2, 0) is 13.0 Å². The Morgan fingerprint density at radius 2 is 1.72 bits per heavy atom. The summed E-state index contributed by atoms with van der Waals surface area (Å²) in [6, 6.07) is 19.5. The molecule has 0 aliphatic carbocycles. The van der Waals surface area contributed by atoms with Gasteiger partial charge in [0.25, 0.3) is 0 Å². The van der Waals surface area contributed by atoms with Crippen molar-refractivity contribution in [3.8, 4) is 11.6 Å². The van der Waals surface area contributed by atoms with E-state index in [0.29, 0.717) is 12.0 Å². The largest absolute Gasteiger partial charge is 0.481 e. The van der Waals surface area contributed by atoms with Crippen molar-refractivity contribution < 1.29 is 4.74 Å². The molecule has 0 saturated carbocycles. The second kappa shape index (κ2) is 14.9. The number of hydrogen-bond acceptors (Lipinski definition) is 3. The van der Waals surface area contributed by atoms with Crippen LogP contribution in [0.5, 0.6) is 5.88 Å². The highest BCUT2D eigenvalue weighted by Crippen LogP contribution is 2.38. The molecule has 192 valence electrons. The summed E-state index contributed by atoms with van der Waals surface area (Å²) < 4.78 is 7.88. The third-order valence-corrected chi connectivity index (χ3v) is 6.10. The molecule has 4 rings (SSSR count). The first-order valence-corrected chi connectivity index (χ1v) is 12.8. The van der Waals surface area contributed by atoms with Crippen molar-refractivity contribution >= 4 is 6.08 Å². The number of rotatable bonds is 7. The van der Waals surface area contributed by atoms with Crippen LogP contribution in [0.4, 0.5) is 0 Å². The van der Waals surface area contributed by atoms with Gasteiger partial charge in [0.1, 0.15) is 0 Å². The lowest BCUT2D eigenvalue weighted by atomic mass is 9.86. The maximum Gasteiger partial charge on any atom is 0.221 e. The lowest BCUT2D eigenvalue weighted by molar-refractivity contribution is 0.134. The van der Waals surface area contributed by atoms with Crippen LogP contribution in [0.3, 0.4) is 0 Å². The fourth-order valence-corrected chi connectivity index (χ4v) is 4.73. The van der Waals surface area contributed by atoms with E-state index in [1.807, 2.05) is 29.8 Å². The predicted molar refractivity (Wildman–Crippen MR) is 155 cm³/mol. The van der Waals surface area contributed by atoms with Gasteiger partial charge < -0.3 is 4.74 Å². The number of ether oxygens (including phenoxy) is 1. The number of aromatic nitrogens is 2. The molecule has 36 heavy (non-hydrogen) atoms. The molecule has 1 aliphatic heterocycles. The molecule has 1 aliphatic rings. The standard InChI is InChI=1S/C27H33N3O.C3H6.C2H4/c1-5-6-16-25-24(27(31-4)30(28-25)22-13-8-7-9-14-22)19-29-18-17-21-12-10-11-15-23(21)26(29)20(2)3;1-3-2;1-2/h6-16,20,26H,5,17-19H2,1-4H3;3H,1H2,2H3;1-2H2/b16-6+;;. The Kier molecular flexibility index (Phi) is 11.9. The molecule has 0 N–H and O–H groups in total. The SMILES string of the molecule is C=C.C=CC.CC/C=C/c1nn(-c2ccccc2)c(OC)c1CN1CCc2ccccc2C1C(C)C. The molecule has 4 nitrogen and oxygen atoms in total. The Morgan fingerprint density at radius 3 is 2.33 bits per heavy atom. The van der Waals surface area contributed by atoms with Gasteiger partial charge in [0, 0.05) is 19.1 Å². The van der Waals surface area contributed by atoms with E-state index < -0.39 is 0 Å². The fourth-order valence-electron chi connectivity index (χ4n) is 4.73. The van der Waals surface area contributed by atoms with Gasteiger partial charge in [0.2, 0.25) is 5.88 Å². The molecule has 1 atom stereocenters. The summed E-state index contributed by atoms with van der Waals surface area (Å²) in [5.74, 6) is 1.34. The van der Waals surface area contributed by atoms with Gasteiger partial charge in [0.05, 0.1) is 24.1 Å². The molecule has 0 amide bonds. The molecule has 0 bridgehead atoms. The van der Waals surface area contributed by atoms with Crippen molar-refractivity contribution in [3.05, 3.63) is 109 Å². The predicted octanol–water partition coefficient (Wildman–Crippen LogP) is 8.05. The normalized spacial score (nSPS) is 14.9. The van der Waals surface area contributed by atoms with Gasteiger partial charge in [0.15, 0.2) is 0 Å². The van der Waals surface area contributed by atoms with Crippen LogP contribution in [0.15, 0.2) is 86.5 Å². The smallest absolute Gasteiger partial charge is 0.221 e. The average Bonchev–Trinajstić information content (AvgIpc) is 3.26. The van der Waals surface area contributed by atoms with E-state index in [2.05, 4.69) is 94.0 Å². The van der Waals surface area contributed by atoms with E-state index in [-0.39, 0.29) is 0 Å². The van der Waals surface area contributed by atoms with Crippen LogP contribution in [-0.4, -0.2) is 28.3 Å². The number of para-hydroxylation sites is 1.